The number of hydrogen-bond donors (Lipinski definition) is 0. The van der Waals surface area contributed by atoms with Crippen molar-refractivity contribution in [2.24, 2.45) is 17.3 Å². The fraction of sp³-hybridized carbons (Fsp3) is 0.667. The fourth-order valence-electron chi connectivity index (χ4n) is 6.40. The number of alkyl halides is 2. The summed E-state index contributed by atoms with van der Waals surface area (Å²) in [4.78, 5) is 0.0205. The van der Waals surface area contributed by atoms with Crippen molar-refractivity contribution in [3.63, 3.8) is 0 Å². The highest BCUT2D eigenvalue weighted by molar-refractivity contribution is 9.10. The van der Waals surface area contributed by atoms with Gasteiger partial charge in [-0.05, 0) is 43.1 Å². The van der Waals surface area contributed by atoms with Crippen LogP contribution < -0.4 is 0 Å². The van der Waals surface area contributed by atoms with E-state index in [1.54, 1.807) is 0 Å². The van der Waals surface area contributed by atoms with Crippen molar-refractivity contribution < 1.29 is 0 Å². The SMILES string of the molecule is C[C@]1(c2ccccc2)C[C@]1(Cl)C12CC3(Br)C1CCCC32. The molecule has 0 nitrogen and oxygen atoms in total. The van der Waals surface area contributed by atoms with E-state index in [2.05, 4.69) is 53.2 Å². The van der Waals surface area contributed by atoms with Crippen molar-refractivity contribution in [1.82, 2.24) is 0 Å². The molecule has 106 valence electrons. The lowest BCUT2D eigenvalue weighted by Crippen LogP contribution is -2.85. The van der Waals surface area contributed by atoms with Crippen molar-refractivity contribution in [2.45, 2.75) is 53.6 Å². The monoisotopic (exact) mass is 350 g/mol. The highest BCUT2D eigenvalue weighted by Crippen LogP contribution is 2.93. The summed E-state index contributed by atoms with van der Waals surface area (Å²) in [6.07, 6.45) is 6.69. The van der Waals surface area contributed by atoms with E-state index < -0.39 is 0 Å². The minimum Gasteiger partial charge on any atom is -0.118 e. The molecule has 5 aliphatic rings. The Hall–Kier alpha value is -0.0100. The van der Waals surface area contributed by atoms with Gasteiger partial charge in [-0.3, -0.25) is 0 Å². The normalized spacial score (nSPS) is 58.5. The van der Waals surface area contributed by atoms with E-state index in [-0.39, 0.29) is 10.3 Å². The van der Waals surface area contributed by atoms with E-state index >= 15 is 0 Å². The van der Waals surface area contributed by atoms with Crippen molar-refractivity contribution in [3.8, 4) is 0 Å². The summed E-state index contributed by atoms with van der Waals surface area (Å²) < 4.78 is 0.479. The third kappa shape index (κ3) is 1.00. The molecule has 5 aliphatic carbocycles. The van der Waals surface area contributed by atoms with Crippen molar-refractivity contribution in [3.05, 3.63) is 35.9 Å². The van der Waals surface area contributed by atoms with Crippen LogP contribution in [-0.4, -0.2) is 9.20 Å². The lowest BCUT2D eigenvalue weighted by Gasteiger charge is -2.84. The van der Waals surface area contributed by atoms with E-state index in [1.165, 1.54) is 37.7 Å². The van der Waals surface area contributed by atoms with Gasteiger partial charge in [-0.15, -0.1) is 11.6 Å². The molecule has 2 heteroatoms. The third-order valence-electron chi connectivity index (χ3n) is 7.45. The zero-order valence-electron chi connectivity index (χ0n) is 11.8. The Morgan fingerprint density at radius 3 is 2.35 bits per heavy atom. The van der Waals surface area contributed by atoms with Crippen LogP contribution in [0.5, 0.6) is 0 Å². The molecular formula is C18H20BrCl. The van der Waals surface area contributed by atoms with Crippen LogP contribution in [0.2, 0.25) is 0 Å². The molecule has 0 amide bonds. The molecule has 4 atom stereocenters. The largest absolute Gasteiger partial charge is 0.118 e. The van der Waals surface area contributed by atoms with E-state index in [0.717, 1.165) is 11.8 Å². The molecule has 2 unspecified atom stereocenters. The lowest BCUT2D eigenvalue weighted by atomic mass is 9.26. The maximum atomic E-state index is 7.31. The minimum absolute atomic E-state index is 0.0205. The zero-order chi connectivity index (χ0) is 13.8. The summed E-state index contributed by atoms with van der Waals surface area (Å²) in [6.45, 7) is 2.40. The molecule has 5 saturated carbocycles. The Balaban J connectivity index is 1.55. The van der Waals surface area contributed by atoms with Crippen molar-refractivity contribution in [1.29, 1.82) is 0 Å². The summed E-state index contributed by atoms with van der Waals surface area (Å²) in [5.41, 5.74) is 2.08. The van der Waals surface area contributed by atoms with Gasteiger partial charge in [-0.25, -0.2) is 0 Å². The van der Waals surface area contributed by atoms with Gasteiger partial charge in [0.2, 0.25) is 0 Å². The van der Waals surface area contributed by atoms with Crippen LogP contribution in [-0.2, 0) is 5.41 Å². The van der Waals surface area contributed by atoms with Gasteiger partial charge < -0.3 is 0 Å². The third-order valence-corrected chi connectivity index (χ3v) is 9.73. The zero-order valence-corrected chi connectivity index (χ0v) is 14.2. The summed E-state index contributed by atoms with van der Waals surface area (Å²) in [7, 11) is 0. The quantitative estimate of drug-likeness (QED) is 0.636. The summed E-state index contributed by atoms with van der Waals surface area (Å²) in [5, 5.41) is 0. The highest BCUT2D eigenvalue weighted by atomic mass is 79.9. The Kier molecular flexibility index (Phi) is 2.08. The van der Waals surface area contributed by atoms with E-state index in [1.807, 2.05) is 0 Å². The topological polar surface area (TPSA) is 0 Å². The smallest absolute Gasteiger partial charge is 0.0612 e. The Morgan fingerprint density at radius 2 is 1.75 bits per heavy atom. The van der Waals surface area contributed by atoms with Gasteiger partial charge in [-0.1, -0.05) is 59.6 Å². The van der Waals surface area contributed by atoms with Gasteiger partial charge in [0.25, 0.3) is 0 Å². The Labute approximate surface area is 134 Å². The van der Waals surface area contributed by atoms with Gasteiger partial charge in [0.05, 0.1) is 4.87 Å². The van der Waals surface area contributed by atoms with Gasteiger partial charge in [0.1, 0.15) is 0 Å². The standard InChI is InChI=1S/C18H20BrCl/c1-15(12-6-3-2-4-7-12)10-18(15,20)16-11-17(19)13(16)8-5-9-14(16)17/h2-4,6-7,13-14H,5,8-11H2,1H3/t13?,14?,15-,16?,17?,18-/m1/s1. The van der Waals surface area contributed by atoms with E-state index in [9.17, 15) is 0 Å². The summed E-state index contributed by atoms with van der Waals surface area (Å²) in [5.74, 6) is 1.69. The number of hydrogen-bond acceptors (Lipinski definition) is 0. The first kappa shape index (κ1) is 12.5. The molecule has 0 aromatic heterocycles. The van der Waals surface area contributed by atoms with Crippen LogP contribution >= 0.6 is 27.5 Å². The molecule has 0 radical (unpaired) electrons. The van der Waals surface area contributed by atoms with Crippen LogP contribution in [0.15, 0.2) is 30.3 Å². The van der Waals surface area contributed by atoms with Crippen LogP contribution in [0.4, 0.5) is 0 Å². The average Bonchev–Trinajstić information content (AvgIpc) is 3.02. The molecule has 6 rings (SSSR count). The first-order chi connectivity index (χ1) is 9.49. The molecule has 0 N–H and O–H groups in total. The van der Waals surface area contributed by atoms with Crippen LogP contribution in [0.1, 0.15) is 44.6 Å². The number of halogens is 2. The van der Waals surface area contributed by atoms with Crippen molar-refractivity contribution >= 4 is 27.5 Å². The van der Waals surface area contributed by atoms with E-state index in [0.29, 0.717) is 9.74 Å². The Bertz CT molecular complexity index is 585. The van der Waals surface area contributed by atoms with Gasteiger partial charge in [0, 0.05) is 15.2 Å². The van der Waals surface area contributed by atoms with Crippen LogP contribution in [0.25, 0.3) is 0 Å². The summed E-state index contributed by atoms with van der Waals surface area (Å²) in [6, 6.07) is 11.0. The minimum atomic E-state index is 0.0205. The van der Waals surface area contributed by atoms with E-state index in [4.69, 9.17) is 11.6 Å². The number of benzene rings is 1. The molecule has 20 heavy (non-hydrogen) atoms. The molecule has 0 aliphatic heterocycles. The van der Waals surface area contributed by atoms with Gasteiger partial charge in [0.15, 0.2) is 0 Å². The second-order valence-electron chi connectivity index (χ2n) is 7.86. The second-order valence-corrected chi connectivity index (χ2v) is 9.98. The molecular weight excluding hydrogens is 332 g/mol. The molecule has 1 aromatic rings. The molecule has 4 bridgehead atoms. The average molecular weight is 352 g/mol. The summed E-state index contributed by atoms with van der Waals surface area (Å²) >= 11 is 11.4. The maximum absolute atomic E-state index is 7.31. The predicted octanol–water partition coefficient (Wildman–Crippen LogP) is 5.28. The second kappa shape index (κ2) is 3.33. The fourth-order valence-corrected chi connectivity index (χ4v) is 8.84. The molecule has 5 fully saturated rings. The van der Waals surface area contributed by atoms with Crippen LogP contribution in [0, 0.1) is 17.3 Å². The number of rotatable bonds is 2. The van der Waals surface area contributed by atoms with Crippen molar-refractivity contribution in [2.75, 3.05) is 0 Å². The highest BCUT2D eigenvalue weighted by Gasteiger charge is 2.92. The lowest BCUT2D eigenvalue weighted by molar-refractivity contribution is -0.264. The van der Waals surface area contributed by atoms with Gasteiger partial charge in [-0.2, -0.15) is 0 Å². The Morgan fingerprint density at radius 1 is 1.10 bits per heavy atom. The first-order valence-corrected chi connectivity index (χ1v) is 9.10. The maximum Gasteiger partial charge on any atom is 0.0612 e. The molecule has 1 aromatic carbocycles. The first-order valence-electron chi connectivity index (χ1n) is 7.92. The molecule has 0 spiro atoms. The molecule has 0 saturated heterocycles. The predicted molar refractivity (Wildman–Crippen MR) is 86.5 cm³/mol. The molecule has 0 heterocycles. The van der Waals surface area contributed by atoms with Crippen LogP contribution in [0.3, 0.4) is 0 Å². The van der Waals surface area contributed by atoms with Gasteiger partial charge >= 0.3 is 0 Å².